The van der Waals surface area contributed by atoms with Crippen LogP contribution in [0.25, 0.3) is 27.8 Å². The second-order valence-corrected chi connectivity index (χ2v) is 12.2. The summed E-state index contributed by atoms with van der Waals surface area (Å²) in [4.78, 5) is 6.69. The van der Waals surface area contributed by atoms with Crippen molar-refractivity contribution in [1.82, 2.24) is 9.88 Å². The first-order chi connectivity index (χ1) is 22.3. The lowest BCUT2D eigenvalue weighted by atomic mass is 9.98. The molecule has 2 heterocycles. The molecule has 0 saturated heterocycles. The number of pyridine rings is 1. The number of hydrogen-bond donors (Lipinski definition) is 4. The number of aliphatic hydroxyl groups excluding tert-OH is 1. The Morgan fingerprint density at radius 3 is 2.33 bits per heavy atom. The van der Waals surface area contributed by atoms with Crippen molar-refractivity contribution in [3.05, 3.63) is 114 Å². The molecule has 1 aliphatic heterocycles. The van der Waals surface area contributed by atoms with Crippen molar-refractivity contribution in [2.24, 2.45) is 5.92 Å². The van der Waals surface area contributed by atoms with Gasteiger partial charge in [-0.2, -0.15) is 0 Å². The van der Waals surface area contributed by atoms with Gasteiger partial charge in [0.25, 0.3) is 0 Å². The topological polar surface area (TPSA) is 104 Å². The van der Waals surface area contributed by atoms with E-state index >= 15 is 0 Å². The SMILES string of the molecule is CCOc1ccc(-c2cnc(N)c(-c3ccc(NC4(O)C5=CN(C(CC)CCO)C=C(c6ccc(C)cc6)C54)cc3)c2)cc1CC. The Kier molecular flexibility index (Phi) is 8.89. The molecule has 2 aliphatic rings. The molecule has 4 aromatic rings. The van der Waals surface area contributed by atoms with E-state index in [4.69, 9.17) is 10.5 Å². The van der Waals surface area contributed by atoms with Crippen LogP contribution in [0.3, 0.4) is 0 Å². The number of aryl methyl sites for hydroxylation is 2. The number of nitrogens with one attached hydrogen (secondary N) is 1. The van der Waals surface area contributed by atoms with Crippen molar-refractivity contribution in [2.75, 3.05) is 24.3 Å². The molecule has 3 atom stereocenters. The van der Waals surface area contributed by atoms with Gasteiger partial charge in [0.2, 0.25) is 0 Å². The van der Waals surface area contributed by atoms with E-state index in [0.29, 0.717) is 18.8 Å². The van der Waals surface area contributed by atoms with E-state index in [-0.39, 0.29) is 18.6 Å². The van der Waals surface area contributed by atoms with Crippen molar-refractivity contribution in [3.8, 4) is 28.0 Å². The van der Waals surface area contributed by atoms with Crippen LogP contribution in [-0.4, -0.2) is 45.1 Å². The lowest BCUT2D eigenvalue weighted by molar-refractivity contribution is 0.182. The third-order valence-corrected chi connectivity index (χ3v) is 9.24. The van der Waals surface area contributed by atoms with Gasteiger partial charge in [-0.15, -0.1) is 0 Å². The van der Waals surface area contributed by atoms with Gasteiger partial charge in [0.1, 0.15) is 11.6 Å². The molecular weight excluding hydrogens is 572 g/mol. The van der Waals surface area contributed by atoms with Gasteiger partial charge in [-0.25, -0.2) is 4.98 Å². The van der Waals surface area contributed by atoms with E-state index in [2.05, 4.69) is 90.8 Å². The zero-order chi connectivity index (χ0) is 32.4. The van der Waals surface area contributed by atoms with Crippen LogP contribution < -0.4 is 15.8 Å². The van der Waals surface area contributed by atoms with Crippen LogP contribution in [0, 0.1) is 12.8 Å². The molecule has 0 amide bonds. The van der Waals surface area contributed by atoms with Gasteiger partial charge in [-0.05, 0) is 91.3 Å². The number of fused-ring (bicyclic) bond motifs is 1. The molecule has 1 aromatic heterocycles. The molecule has 3 unspecified atom stereocenters. The highest BCUT2D eigenvalue weighted by Gasteiger charge is 2.63. The van der Waals surface area contributed by atoms with Crippen molar-refractivity contribution in [3.63, 3.8) is 0 Å². The molecular formula is C39H44N4O3. The van der Waals surface area contributed by atoms with Gasteiger partial charge >= 0.3 is 0 Å². The maximum atomic E-state index is 12.0. The first-order valence-corrected chi connectivity index (χ1v) is 16.3. The molecule has 7 nitrogen and oxygen atoms in total. The molecule has 0 spiro atoms. The highest BCUT2D eigenvalue weighted by atomic mass is 16.5. The third-order valence-electron chi connectivity index (χ3n) is 9.24. The number of nitrogens with two attached hydrogens (primary N) is 1. The monoisotopic (exact) mass is 616 g/mol. The van der Waals surface area contributed by atoms with Crippen molar-refractivity contribution in [2.45, 2.75) is 58.7 Å². The van der Waals surface area contributed by atoms with E-state index in [1.165, 1.54) is 5.56 Å². The Morgan fingerprint density at radius 1 is 0.935 bits per heavy atom. The number of benzene rings is 3. The molecule has 6 rings (SSSR count). The number of ether oxygens (including phenoxy) is 1. The van der Waals surface area contributed by atoms with Crippen molar-refractivity contribution in [1.29, 1.82) is 0 Å². The normalized spacial score (nSPS) is 19.2. The summed E-state index contributed by atoms with van der Waals surface area (Å²) in [6, 6.07) is 24.9. The van der Waals surface area contributed by atoms with Crippen LogP contribution in [0.5, 0.6) is 5.75 Å². The summed E-state index contributed by atoms with van der Waals surface area (Å²) in [5.41, 5.74) is 15.2. The Morgan fingerprint density at radius 2 is 1.65 bits per heavy atom. The van der Waals surface area contributed by atoms with E-state index in [1.54, 1.807) is 0 Å². The fraction of sp³-hybridized carbons (Fsp3) is 0.308. The standard InChI is InChI=1S/C39H44N4O3/c1-5-26-20-29(14-17-36(26)46-7-3)30-21-33(38(40)41-22-30)27-12-15-31(16-13-27)42-39(45)35-24-43(32(6-2)18-19-44)23-34(37(35)39)28-10-8-25(4)9-11-28/h8-17,20-24,32,37,42,44-45H,5-7,18-19H2,1-4H3,(H2,40,41). The zero-order valence-corrected chi connectivity index (χ0v) is 27.1. The fourth-order valence-corrected chi connectivity index (χ4v) is 6.54. The van der Waals surface area contributed by atoms with Crippen molar-refractivity contribution < 1.29 is 14.9 Å². The lowest BCUT2D eigenvalue weighted by Crippen LogP contribution is -2.28. The predicted molar refractivity (Wildman–Crippen MR) is 187 cm³/mol. The summed E-state index contributed by atoms with van der Waals surface area (Å²) < 4.78 is 5.80. The van der Waals surface area contributed by atoms with Crippen molar-refractivity contribution >= 4 is 17.1 Å². The number of aliphatic hydroxyl groups is 2. The molecule has 1 aliphatic carbocycles. The first-order valence-electron chi connectivity index (χ1n) is 16.3. The third kappa shape index (κ3) is 6.00. The molecule has 46 heavy (non-hydrogen) atoms. The predicted octanol–water partition coefficient (Wildman–Crippen LogP) is 7.40. The minimum absolute atomic E-state index is 0.118. The van der Waals surface area contributed by atoms with E-state index in [0.717, 1.165) is 68.8 Å². The summed E-state index contributed by atoms with van der Waals surface area (Å²) >= 11 is 0. The van der Waals surface area contributed by atoms with Crippen LogP contribution in [0.1, 0.15) is 50.3 Å². The summed E-state index contributed by atoms with van der Waals surface area (Å²) in [7, 11) is 0. The number of rotatable bonds is 12. The number of nitrogens with zero attached hydrogens (tertiary/aromatic N) is 2. The van der Waals surface area contributed by atoms with E-state index in [9.17, 15) is 10.2 Å². The van der Waals surface area contributed by atoms with Gasteiger partial charge in [-0.1, -0.05) is 61.9 Å². The largest absolute Gasteiger partial charge is 0.494 e. The molecule has 5 N–H and O–H groups in total. The number of nitrogen functional groups attached to an aromatic ring is 1. The fourth-order valence-electron chi connectivity index (χ4n) is 6.54. The quantitative estimate of drug-likeness (QED) is 0.123. The molecule has 7 heteroatoms. The second kappa shape index (κ2) is 13.0. The second-order valence-electron chi connectivity index (χ2n) is 12.2. The maximum Gasteiger partial charge on any atom is 0.171 e. The van der Waals surface area contributed by atoms with Gasteiger partial charge in [0.15, 0.2) is 5.72 Å². The molecule has 1 saturated carbocycles. The first kappa shape index (κ1) is 31.4. The molecule has 238 valence electrons. The van der Waals surface area contributed by atoms with Crippen LogP contribution in [0.15, 0.2) is 97.0 Å². The Bertz CT molecular complexity index is 1760. The number of hydrogen-bond acceptors (Lipinski definition) is 7. The summed E-state index contributed by atoms with van der Waals surface area (Å²) in [5, 5.41) is 25.1. The summed E-state index contributed by atoms with van der Waals surface area (Å²) in [6.07, 6.45) is 8.43. The Labute approximate surface area is 272 Å². The number of anilines is 2. The summed E-state index contributed by atoms with van der Waals surface area (Å²) in [6.45, 7) is 9.08. The average molecular weight is 617 g/mol. The van der Waals surface area contributed by atoms with Crippen LogP contribution >= 0.6 is 0 Å². The minimum Gasteiger partial charge on any atom is -0.494 e. The van der Waals surface area contributed by atoms with Crippen LogP contribution in [0.4, 0.5) is 11.5 Å². The molecule has 0 bridgehead atoms. The smallest absolute Gasteiger partial charge is 0.171 e. The van der Waals surface area contributed by atoms with Gasteiger partial charge in [-0.3, -0.25) is 0 Å². The zero-order valence-electron chi connectivity index (χ0n) is 27.1. The molecule has 0 radical (unpaired) electrons. The average Bonchev–Trinajstić information content (AvgIpc) is 3.66. The number of aromatic nitrogens is 1. The van der Waals surface area contributed by atoms with Gasteiger partial charge in [0, 0.05) is 53.6 Å². The van der Waals surface area contributed by atoms with Crippen LogP contribution in [0.2, 0.25) is 0 Å². The Hall–Kier alpha value is -4.59. The highest BCUT2D eigenvalue weighted by Crippen LogP contribution is 2.59. The molecule has 3 aromatic carbocycles. The summed E-state index contributed by atoms with van der Waals surface area (Å²) in [5.74, 6) is 1.21. The van der Waals surface area contributed by atoms with E-state index in [1.807, 2.05) is 43.5 Å². The highest BCUT2D eigenvalue weighted by molar-refractivity contribution is 5.83. The van der Waals surface area contributed by atoms with Crippen LogP contribution in [-0.2, 0) is 6.42 Å². The maximum absolute atomic E-state index is 12.0. The minimum atomic E-state index is -1.21. The lowest BCUT2D eigenvalue weighted by Gasteiger charge is -2.29. The molecule has 1 fully saturated rings. The Balaban J connectivity index is 1.26. The van der Waals surface area contributed by atoms with E-state index < -0.39 is 5.72 Å². The van der Waals surface area contributed by atoms with Gasteiger partial charge < -0.3 is 30.9 Å². The van der Waals surface area contributed by atoms with Gasteiger partial charge in [0.05, 0.1) is 12.5 Å².